The highest BCUT2D eigenvalue weighted by Crippen LogP contribution is 2.46. The normalized spacial score (nSPS) is 11.9. The first kappa shape index (κ1) is 42.2. The van der Waals surface area contributed by atoms with E-state index >= 15 is 4.39 Å². The molecule has 0 fully saturated rings. The van der Waals surface area contributed by atoms with E-state index in [4.69, 9.17) is 19.0 Å². The van der Waals surface area contributed by atoms with Crippen LogP contribution in [0.4, 0.5) is 10.1 Å². The molecule has 0 aliphatic carbocycles. The number of anilines is 1. The van der Waals surface area contributed by atoms with Gasteiger partial charge in [0.25, 0.3) is 5.91 Å². The van der Waals surface area contributed by atoms with Crippen molar-refractivity contribution in [3.05, 3.63) is 203 Å². The van der Waals surface area contributed by atoms with Gasteiger partial charge in [-0.15, -0.1) is 0 Å². The van der Waals surface area contributed by atoms with Gasteiger partial charge in [0.15, 0.2) is 11.6 Å². The lowest BCUT2D eigenvalue weighted by molar-refractivity contribution is 0.0956. The molecule has 11 heteroatoms. The maximum Gasteiger partial charge on any atom is 0.251 e. The second kappa shape index (κ2) is 18.6. The highest BCUT2D eigenvalue weighted by molar-refractivity contribution is 6.00. The Morgan fingerprint density at radius 3 is 1.95 bits per heavy atom. The van der Waals surface area contributed by atoms with Gasteiger partial charge in [-0.2, -0.15) is 4.98 Å². The zero-order valence-electron chi connectivity index (χ0n) is 35.9. The van der Waals surface area contributed by atoms with E-state index < -0.39 is 17.4 Å². The summed E-state index contributed by atoms with van der Waals surface area (Å²) in [5.74, 6) is 1.00. The second-order valence-corrected chi connectivity index (χ2v) is 15.3. The molecule has 2 heterocycles. The maximum atomic E-state index is 17.6. The lowest BCUT2D eigenvalue weighted by Crippen LogP contribution is -2.39. The minimum atomic E-state index is -1.10. The monoisotopic (exact) mass is 840 g/mol. The zero-order valence-corrected chi connectivity index (χ0v) is 35.9. The molecule has 1 atom stereocenters. The predicted octanol–water partition coefficient (Wildman–Crippen LogP) is 11.0. The summed E-state index contributed by atoms with van der Waals surface area (Å²) in [7, 11) is 0. The Balaban J connectivity index is 1.48. The summed E-state index contributed by atoms with van der Waals surface area (Å²) < 4.78 is 37.3. The van der Waals surface area contributed by atoms with Crippen LogP contribution in [0.15, 0.2) is 162 Å². The molecule has 63 heavy (non-hydrogen) atoms. The molecule has 318 valence electrons. The van der Waals surface area contributed by atoms with Crippen LogP contribution < -0.4 is 20.1 Å². The van der Waals surface area contributed by atoms with Gasteiger partial charge in [0, 0.05) is 53.7 Å². The first-order chi connectivity index (χ1) is 30.7. The number of benzene rings is 6. The Morgan fingerprint density at radius 2 is 1.40 bits per heavy atom. The van der Waals surface area contributed by atoms with Gasteiger partial charge < -0.3 is 29.2 Å². The van der Waals surface area contributed by atoms with E-state index in [1.165, 1.54) is 0 Å². The van der Waals surface area contributed by atoms with Crippen LogP contribution in [0.25, 0.3) is 22.6 Å². The summed E-state index contributed by atoms with van der Waals surface area (Å²) in [6.07, 6.45) is 1.64. The molecule has 0 aliphatic rings. The molecule has 6 aromatic carbocycles. The molecule has 2 aromatic heterocycles. The number of carbonyl (C=O) groups excluding carboxylic acids is 1. The van der Waals surface area contributed by atoms with Crippen LogP contribution in [0.5, 0.6) is 11.5 Å². The van der Waals surface area contributed by atoms with Gasteiger partial charge in [-0.05, 0) is 80.8 Å². The summed E-state index contributed by atoms with van der Waals surface area (Å²) in [5.41, 5.74) is 4.87. The van der Waals surface area contributed by atoms with Crippen LogP contribution in [0.3, 0.4) is 0 Å². The summed E-state index contributed by atoms with van der Waals surface area (Å²) >= 11 is 0. The predicted molar refractivity (Wildman–Crippen MR) is 244 cm³/mol. The van der Waals surface area contributed by atoms with Crippen LogP contribution in [-0.4, -0.2) is 44.9 Å². The Morgan fingerprint density at radius 1 is 0.794 bits per heavy atom. The van der Waals surface area contributed by atoms with E-state index in [0.29, 0.717) is 58.9 Å². The quantitative estimate of drug-likeness (QED) is 0.0924. The van der Waals surface area contributed by atoms with Crippen molar-refractivity contribution in [1.29, 1.82) is 0 Å². The first-order valence-electron chi connectivity index (χ1n) is 21.1. The maximum absolute atomic E-state index is 17.6. The highest BCUT2D eigenvalue weighted by atomic mass is 19.1. The Bertz CT molecular complexity index is 2690. The van der Waals surface area contributed by atoms with Gasteiger partial charge in [-0.3, -0.25) is 4.79 Å². The minimum Gasteiger partial charge on any atom is -0.494 e. The molecule has 1 unspecified atom stereocenters. The van der Waals surface area contributed by atoms with E-state index in [1.807, 2.05) is 131 Å². The van der Waals surface area contributed by atoms with Gasteiger partial charge in [-0.1, -0.05) is 114 Å². The van der Waals surface area contributed by atoms with Gasteiger partial charge in [0.05, 0.1) is 18.4 Å². The molecule has 0 saturated heterocycles. The van der Waals surface area contributed by atoms with E-state index in [9.17, 15) is 4.79 Å². The number of imidazole rings is 1. The fourth-order valence-corrected chi connectivity index (χ4v) is 8.09. The number of nitrogens with zero attached hydrogens (tertiary/aromatic N) is 4. The lowest BCUT2D eigenvalue weighted by Gasteiger charge is -2.39. The average Bonchev–Trinajstić information content (AvgIpc) is 3.95. The third-order valence-electron chi connectivity index (χ3n) is 10.7. The van der Waals surface area contributed by atoms with Crippen LogP contribution in [0.1, 0.15) is 78.1 Å². The Hall–Kier alpha value is -7.53. The van der Waals surface area contributed by atoms with Crippen molar-refractivity contribution in [3.63, 3.8) is 0 Å². The summed E-state index contributed by atoms with van der Waals surface area (Å²) in [4.78, 5) is 23.7. The lowest BCUT2D eigenvalue weighted by atomic mass is 9.76. The number of halogens is 1. The molecule has 8 aromatic rings. The summed E-state index contributed by atoms with van der Waals surface area (Å²) in [5, 5.41) is 10.8. The van der Waals surface area contributed by atoms with E-state index in [-0.39, 0.29) is 23.3 Å². The van der Waals surface area contributed by atoms with E-state index in [1.54, 1.807) is 25.1 Å². The Kier molecular flexibility index (Phi) is 12.5. The van der Waals surface area contributed by atoms with Crippen molar-refractivity contribution in [3.8, 4) is 34.1 Å². The number of aromatic nitrogens is 4. The number of carbonyl (C=O) groups is 1. The largest absolute Gasteiger partial charge is 0.494 e. The highest BCUT2D eigenvalue weighted by Gasteiger charge is 2.42. The van der Waals surface area contributed by atoms with Crippen LogP contribution >= 0.6 is 0 Å². The fraction of sp³-hybridized carbons (Fsp3) is 0.192. The number of rotatable bonds is 16. The SMILES string of the molecule is CCNC(=O)c1ccccc1-c1cn(C(c2ccccc2)(c2ccccc2)c2ccccc2)c(C(Nc2ccc(-c3noc(C)n3)cc2)c2cc(OCC)cc(OC(C)C)c2F)n1. The standard InChI is InChI=1S/C52H49FN6O4/c1-6-54-51(60)43-26-18-17-25-42(43)45-33-59(52(37-19-11-8-12-20-37,38-21-13-9-14-22-38)39-23-15-10-16-24-39)50(57-45)48(44-31-41(61-7-2)32-46(47(44)53)62-34(3)4)56-40-29-27-36(28-30-40)49-55-35(5)63-58-49/h8-34,48,56H,6-7H2,1-5H3,(H,54,60). The molecule has 8 rings (SSSR count). The number of hydrogen-bond donors (Lipinski definition) is 2. The molecule has 0 saturated carbocycles. The van der Waals surface area contributed by atoms with Gasteiger partial charge >= 0.3 is 0 Å². The van der Waals surface area contributed by atoms with Crippen LogP contribution in [-0.2, 0) is 5.54 Å². The van der Waals surface area contributed by atoms with Crippen molar-refractivity contribution in [1.82, 2.24) is 25.0 Å². The topological polar surface area (TPSA) is 116 Å². The zero-order chi connectivity index (χ0) is 43.9. The van der Waals surface area contributed by atoms with Gasteiger partial charge in [0.2, 0.25) is 11.7 Å². The molecular weight excluding hydrogens is 792 g/mol. The van der Waals surface area contributed by atoms with Crippen LogP contribution in [0.2, 0.25) is 0 Å². The first-order valence-corrected chi connectivity index (χ1v) is 21.1. The molecular formula is C52H49FN6O4. The molecule has 10 nitrogen and oxygen atoms in total. The number of nitrogens with one attached hydrogen (secondary N) is 2. The number of ether oxygens (including phenoxy) is 2. The number of aryl methyl sites for hydroxylation is 1. The average molecular weight is 841 g/mol. The van der Waals surface area contributed by atoms with Crippen LogP contribution in [0, 0.1) is 12.7 Å². The number of amides is 1. The van der Waals surface area contributed by atoms with Crippen molar-refractivity contribution in [2.75, 3.05) is 18.5 Å². The smallest absolute Gasteiger partial charge is 0.251 e. The Labute approximate surface area is 366 Å². The molecule has 1 amide bonds. The molecule has 0 radical (unpaired) electrons. The van der Waals surface area contributed by atoms with Gasteiger partial charge in [-0.25, -0.2) is 9.37 Å². The molecule has 0 spiro atoms. The van der Waals surface area contributed by atoms with Crippen molar-refractivity contribution in [2.24, 2.45) is 0 Å². The van der Waals surface area contributed by atoms with Gasteiger partial charge in [0.1, 0.15) is 23.2 Å². The molecule has 0 aliphatic heterocycles. The van der Waals surface area contributed by atoms with Crippen molar-refractivity contribution >= 4 is 11.6 Å². The van der Waals surface area contributed by atoms with E-state index in [0.717, 1.165) is 22.3 Å². The third kappa shape index (κ3) is 8.55. The summed E-state index contributed by atoms with van der Waals surface area (Å²) in [6, 6.07) is 47.9. The van der Waals surface area contributed by atoms with Crippen molar-refractivity contribution < 1.29 is 23.2 Å². The fourth-order valence-electron chi connectivity index (χ4n) is 8.09. The van der Waals surface area contributed by atoms with Crippen molar-refractivity contribution in [2.45, 2.75) is 52.3 Å². The molecule has 0 bridgehead atoms. The molecule has 2 N–H and O–H groups in total. The summed E-state index contributed by atoms with van der Waals surface area (Å²) in [6.45, 7) is 10.0. The number of hydrogen-bond acceptors (Lipinski definition) is 8. The minimum absolute atomic E-state index is 0.0425. The second-order valence-electron chi connectivity index (χ2n) is 15.3. The third-order valence-corrected chi connectivity index (χ3v) is 10.7. The van der Waals surface area contributed by atoms with E-state index in [2.05, 4.69) is 61.7 Å².